The average molecular weight is 152 g/mol. The van der Waals surface area contributed by atoms with E-state index in [9.17, 15) is 4.79 Å². The van der Waals surface area contributed by atoms with E-state index in [4.69, 9.17) is 5.53 Å². The number of rotatable bonds is 0. The van der Waals surface area contributed by atoms with E-state index in [2.05, 4.69) is 25.5 Å². The van der Waals surface area contributed by atoms with Crippen LogP contribution < -0.4 is 5.32 Å². The molecule has 1 amide bonds. The fourth-order valence-corrected chi connectivity index (χ4v) is 0.517. The summed E-state index contributed by atoms with van der Waals surface area (Å²) in [5.41, 5.74) is 8.25. The first-order valence-electron chi connectivity index (χ1n) is 2.72. The van der Waals surface area contributed by atoms with Gasteiger partial charge in [0.1, 0.15) is 5.11 Å². The lowest BCUT2D eigenvalue weighted by atomic mass is 10.5. The summed E-state index contributed by atoms with van der Waals surface area (Å²) in [5, 5.41) is 12.1. The number of nitrogens with one attached hydrogen (secondary N) is 1. The normalized spacial score (nSPS) is 14.3. The van der Waals surface area contributed by atoms with Gasteiger partial charge >= 0.3 is 5.84 Å². The molecular formula is C4H4N6O. The second-order valence-corrected chi connectivity index (χ2v) is 1.74. The molecule has 1 heterocycles. The lowest BCUT2D eigenvalue weighted by Crippen LogP contribution is -2.32. The summed E-state index contributed by atoms with van der Waals surface area (Å²) in [6, 6.07) is 0. The zero-order chi connectivity index (χ0) is 8.27. The van der Waals surface area contributed by atoms with Crippen LogP contribution in [0.2, 0.25) is 0 Å². The zero-order valence-corrected chi connectivity index (χ0v) is 5.64. The Hall–Kier alpha value is -1.88. The van der Waals surface area contributed by atoms with Crippen molar-refractivity contribution in [3.8, 4) is 0 Å². The van der Waals surface area contributed by atoms with Crippen molar-refractivity contribution < 1.29 is 9.58 Å². The predicted molar refractivity (Wildman–Crippen MR) is 34.7 cm³/mol. The quantitative estimate of drug-likeness (QED) is 0.368. The van der Waals surface area contributed by atoms with E-state index >= 15 is 0 Å². The minimum atomic E-state index is -0.322. The van der Waals surface area contributed by atoms with Gasteiger partial charge in [0.05, 0.1) is 5.22 Å². The Bertz CT molecular complexity index is 296. The van der Waals surface area contributed by atoms with Crippen LogP contribution in [-0.2, 0) is 4.79 Å². The van der Waals surface area contributed by atoms with Gasteiger partial charge < -0.3 is 15.6 Å². The van der Waals surface area contributed by atoms with E-state index in [1.165, 1.54) is 6.92 Å². The van der Waals surface area contributed by atoms with E-state index in [1.54, 1.807) is 0 Å². The molecule has 0 atom stereocenters. The summed E-state index contributed by atoms with van der Waals surface area (Å²) in [6.07, 6.45) is 0. The first-order valence-corrected chi connectivity index (χ1v) is 2.72. The monoisotopic (exact) mass is 152 g/mol. The van der Waals surface area contributed by atoms with Crippen molar-refractivity contribution in [3.63, 3.8) is 0 Å². The van der Waals surface area contributed by atoms with Gasteiger partial charge in [0, 0.05) is 6.92 Å². The standard InChI is InChI=1S/C4H4N6O/c1-2(11)6-3-4(7-5)9-10-8-3/h1H3,(H,6,8,9,11). The molecule has 0 saturated heterocycles. The van der Waals surface area contributed by atoms with Crippen molar-refractivity contribution in [2.75, 3.05) is 0 Å². The number of carbonyl (C=O) groups excluding carboxylic acids is 1. The molecule has 0 fully saturated rings. The summed E-state index contributed by atoms with van der Waals surface area (Å²) in [6.45, 7) is 1.30. The van der Waals surface area contributed by atoms with Gasteiger partial charge in [0.2, 0.25) is 5.91 Å². The highest BCUT2D eigenvalue weighted by atomic mass is 16.1. The smallest absolute Gasteiger partial charge is 0.473 e. The number of carbonyl (C=O) groups is 1. The Morgan fingerprint density at radius 1 is 1.73 bits per heavy atom. The molecule has 1 aliphatic rings. The van der Waals surface area contributed by atoms with Gasteiger partial charge in [-0.25, -0.2) is 0 Å². The van der Waals surface area contributed by atoms with Gasteiger partial charge in [-0.15, -0.1) is 0 Å². The fraction of sp³-hybridized carbons (Fsp3) is 0.250. The van der Waals surface area contributed by atoms with Crippen LogP contribution in [-0.4, -0.2) is 22.4 Å². The fourth-order valence-electron chi connectivity index (χ4n) is 0.517. The van der Waals surface area contributed by atoms with Crippen LogP contribution >= 0.6 is 0 Å². The summed E-state index contributed by atoms with van der Waals surface area (Å²) in [5.74, 6) is -0.364. The molecule has 0 saturated carbocycles. The molecule has 0 radical (unpaired) electrons. The van der Waals surface area contributed by atoms with Crippen LogP contribution in [0.15, 0.2) is 15.4 Å². The molecule has 0 aromatic rings. The van der Waals surface area contributed by atoms with Crippen LogP contribution in [0.25, 0.3) is 5.53 Å². The van der Waals surface area contributed by atoms with E-state index < -0.39 is 0 Å². The third-order valence-corrected chi connectivity index (χ3v) is 0.885. The van der Waals surface area contributed by atoms with E-state index in [0.717, 1.165) is 0 Å². The number of nitrogens with zero attached hydrogens (tertiary/aromatic N) is 5. The molecule has 11 heavy (non-hydrogen) atoms. The third kappa shape index (κ3) is 1.53. The van der Waals surface area contributed by atoms with Crippen molar-refractivity contribution in [1.29, 1.82) is 0 Å². The Kier molecular flexibility index (Phi) is 1.84. The van der Waals surface area contributed by atoms with E-state index in [-0.39, 0.29) is 17.6 Å². The SMILES string of the molecule is CC(=O)NC1=NN=NC1=[N+]=[N-]. The second-order valence-electron chi connectivity index (χ2n) is 1.74. The van der Waals surface area contributed by atoms with Crippen molar-refractivity contribution in [3.05, 3.63) is 5.53 Å². The molecule has 0 aromatic carbocycles. The number of amides is 1. The van der Waals surface area contributed by atoms with Crippen LogP contribution in [0.5, 0.6) is 0 Å². The molecule has 1 aliphatic heterocycles. The van der Waals surface area contributed by atoms with Crippen molar-refractivity contribution in [2.24, 2.45) is 15.4 Å². The number of hydrogen-bond donors (Lipinski definition) is 1. The Morgan fingerprint density at radius 2 is 2.45 bits per heavy atom. The summed E-state index contributed by atoms with van der Waals surface area (Å²) in [7, 11) is 0. The van der Waals surface area contributed by atoms with Crippen molar-refractivity contribution in [2.45, 2.75) is 6.92 Å². The van der Waals surface area contributed by atoms with Gasteiger partial charge in [-0.3, -0.25) is 4.79 Å². The third-order valence-electron chi connectivity index (χ3n) is 0.885. The van der Waals surface area contributed by atoms with Crippen LogP contribution in [0.4, 0.5) is 0 Å². The molecule has 0 aromatic heterocycles. The lowest BCUT2D eigenvalue weighted by Gasteiger charge is -1.90. The molecule has 7 nitrogen and oxygen atoms in total. The number of hydrogen-bond acceptors (Lipinski definition) is 3. The second kappa shape index (κ2) is 2.80. The van der Waals surface area contributed by atoms with Crippen molar-refractivity contribution >= 4 is 17.6 Å². The van der Waals surface area contributed by atoms with Gasteiger partial charge in [-0.2, -0.15) is 0 Å². The molecule has 1 N–H and O–H groups in total. The Labute approximate surface area is 61.4 Å². The minimum Gasteiger partial charge on any atom is -0.497 e. The van der Waals surface area contributed by atoms with Gasteiger partial charge in [-0.05, 0) is 0 Å². The highest BCUT2D eigenvalue weighted by Crippen LogP contribution is 1.93. The first kappa shape index (κ1) is 7.23. The minimum absolute atomic E-state index is 0.0556. The molecule has 1 rings (SSSR count). The Balaban J connectivity index is 2.77. The number of amidine groups is 2. The predicted octanol–water partition coefficient (Wildman–Crippen LogP) is -0.470. The molecule has 56 valence electrons. The molecule has 0 spiro atoms. The molecule has 0 unspecified atom stereocenters. The average Bonchev–Trinajstić information content (AvgIpc) is 2.34. The topological polar surface area (TPSA) is 103 Å². The maximum absolute atomic E-state index is 10.4. The van der Waals surface area contributed by atoms with Gasteiger partial charge in [-0.1, -0.05) is 5.10 Å². The maximum atomic E-state index is 10.4. The highest BCUT2D eigenvalue weighted by molar-refractivity contribution is 6.41. The molecule has 0 aliphatic carbocycles. The summed E-state index contributed by atoms with van der Waals surface area (Å²) >= 11 is 0. The van der Waals surface area contributed by atoms with Crippen LogP contribution in [0, 0.1) is 0 Å². The van der Waals surface area contributed by atoms with Gasteiger partial charge in [0.15, 0.2) is 0 Å². The van der Waals surface area contributed by atoms with E-state index in [0.29, 0.717) is 0 Å². The lowest BCUT2D eigenvalue weighted by molar-refractivity contribution is -0.117. The zero-order valence-electron chi connectivity index (χ0n) is 5.64. The largest absolute Gasteiger partial charge is 0.497 e. The molecule has 7 heteroatoms. The summed E-state index contributed by atoms with van der Waals surface area (Å²) < 4.78 is 0. The highest BCUT2D eigenvalue weighted by Gasteiger charge is 2.24. The molecular weight excluding hydrogens is 148 g/mol. The van der Waals surface area contributed by atoms with Crippen molar-refractivity contribution in [1.82, 2.24) is 5.32 Å². The van der Waals surface area contributed by atoms with Crippen LogP contribution in [0.1, 0.15) is 6.92 Å². The van der Waals surface area contributed by atoms with Gasteiger partial charge in [0.25, 0.3) is 5.84 Å². The van der Waals surface area contributed by atoms with E-state index in [1.807, 2.05) is 0 Å². The Morgan fingerprint density at radius 3 is 3.00 bits per heavy atom. The first-order chi connectivity index (χ1) is 5.24. The molecule has 0 bridgehead atoms. The maximum Gasteiger partial charge on any atom is 0.473 e. The van der Waals surface area contributed by atoms with Crippen LogP contribution in [0.3, 0.4) is 0 Å². The summed E-state index contributed by atoms with van der Waals surface area (Å²) in [4.78, 5) is 13.2.